The van der Waals surface area contributed by atoms with Crippen LogP contribution in [-0.4, -0.2) is 32.3 Å². The van der Waals surface area contributed by atoms with Gasteiger partial charge in [0.2, 0.25) is 0 Å². The predicted molar refractivity (Wildman–Crippen MR) is 66.0 cm³/mol. The molecule has 1 aromatic carbocycles. The maximum absolute atomic E-state index is 13.3. The van der Waals surface area contributed by atoms with Gasteiger partial charge in [-0.05, 0) is 26.1 Å². The lowest BCUT2D eigenvalue weighted by Gasteiger charge is -2.25. The summed E-state index contributed by atoms with van der Waals surface area (Å²) in [5.74, 6) is -2.45. The average Bonchev–Trinajstić information content (AvgIpc) is 2.40. The van der Waals surface area contributed by atoms with Crippen LogP contribution in [0, 0.1) is 11.6 Å². The van der Waals surface area contributed by atoms with Crippen molar-refractivity contribution in [3.05, 3.63) is 29.8 Å². The van der Waals surface area contributed by atoms with Crippen molar-refractivity contribution in [3.63, 3.8) is 0 Å². The molecule has 0 spiro atoms. The molecule has 0 radical (unpaired) electrons. The molecule has 106 valence electrons. The Morgan fingerprint density at radius 2 is 1.95 bits per heavy atom. The van der Waals surface area contributed by atoms with Crippen LogP contribution in [0.25, 0.3) is 0 Å². The number of hydrogen-bond donors (Lipinski definition) is 1. The van der Waals surface area contributed by atoms with Crippen LogP contribution >= 0.6 is 0 Å². The number of carbonyl (C=O) groups is 1. The van der Waals surface area contributed by atoms with Crippen molar-refractivity contribution in [2.75, 3.05) is 20.8 Å². The maximum atomic E-state index is 13.3. The Labute approximate surface area is 110 Å². The van der Waals surface area contributed by atoms with E-state index in [1.165, 1.54) is 13.2 Å². The second-order valence-corrected chi connectivity index (χ2v) is 4.22. The highest BCUT2D eigenvalue weighted by Crippen LogP contribution is 2.22. The molecule has 19 heavy (non-hydrogen) atoms. The second-order valence-electron chi connectivity index (χ2n) is 4.22. The Hall–Kier alpha value is -1.69. The molecule has 4 nitrogen and oxygen atoms in total. The molecule has 1 rings (SSSR count). The van der Waals surface area contributed by atoms with Crippen molar-refractivity contribution in [1.29, 1.82) is 0 Å². The number of esters is 1. The first-order valence-electron chi connectivity index (χ1n) is 5.78. The molecule has 0 heterocycles. The van der Waals surface area contributed by atoms with Crippen LogP contribution in [0.15, 0.2) is 18.2 Å². The number of methoxy groups -OCH3 is 1. The largest absolute Gasteiger partial charge is 0.488 e. The fraction of sp³-hybridized carbons (Fsp3) is 0.462. The molecule has 1 N–H and O–H groups in total. The number of hydrogen-bond acceptors (Lipinski definition) is 4. The Morgan fingerprint density at radius 1 is 1.37 bits per heavy atom. The first-order chi connectivity index (χ1) is 8.94. The minimum absolute atomic E-state index is 0.0235. The lowest BCUT2D eigenvalue weighted by Crippen LogP contribution is -2.49. The van der Waals surface area contributed by atoms with Gasteiger partial charge in [0.05, 0.1) is 13.7 Å². The molecule has 1 unspecified atom stereocenters. The zero-order valence-electron chi connectivity index (χ0n) is 11.1. The van der Waals surface area contributed by atoms with Crippen LogP contribution in [-0.2, 0) is 9.53 Å². The van der Waals surface area contributed by atoms with Gasteiger partial charge in [-0.3, -0.25) is 4.79 Å². The summed E-state index contributed by atoms with van der Waals surface area (Å²) in [4.78, 5) is 11.6. The Morgan fingerprint density at radius 3 is 2.42 bits per heavy atom. The number of nitrogens with one attached hydrogen (secondary N) is 1. The van der Waals surface area contributed by atoms with Gasteiger partial charge in [-0.2, -0.15) is 0 Å². The highest BCUT2D eigenvalue weighted by Gasteiger charge is 2.32. The van der Waals surface area contributed by atoms with Gasteiger partial charge in [-0.25, -0.2) is 8.78 Å². The van der Waals surface area contributed by atoms with E-state index < -0.39 is 28.9 Å². The van der Waals surface area contributed by atoms with E-state index in [0.29, 0.717) is 0 Å². The van der Waals surface area contributed by atoms with Crippen LogP contribution in [0.3, 0.4) is 0 Å². The zero-order valence-corrected chi connectivity index (χ0v) is 11.1. The summed E-state index contributed by atoms with van der Waals surface area (Å²) in [5, 5.41) is 2.80. The highest BCUT2D eigenvalue weighted by atomic mass is 19.1. The van der Waals surface area contributed by atoms with Gasteiger partial charge in [0.15, 0.2) is 17.4 Å². The minimum atomic E-state index is -0.962. The number of rotatable bonds is 6. The lowest BCUT2D eigenvalue weighted by atomic mass is 9.99. The SMILES string of the molecule is CNC(C)(CCOc1c(F)cccc1F)C(=O)OC. The van der Waals surface area contributed by atoms with Crippen molar-refractivity contribution >= 4 is 5.97 Å². The van der Waals surface area contributed by atoms with Crippen LogP contribution in [0.4, 0.5) is 8.78 Å². The van der Waals surface area contributed by atoms with E-state index in [1.807, 2.05) is 0 Å². The summed E-state index contributed by atoms with van der Waals surface area (Å²) in [6, 6.07) is 3.47. The second kappa shape index (κ2) is 6.47. The van der Waals surface area contributed by atoms with Crippen molar-refractivity contribution < 1.29 is 23.0 Å². The Kier molecular flexibility index (Phi) is 5.23. The van der Waals surface area contributed by atoms with E-state index in [0.717, 1.165) is 12.1 Å². The van der Waals surface area contributed by atoms with E-state index in [4.69, 9.17) is 4.74 Å². The van der Waals surface area contributed by atoms with Crippen LogP contribution in [0.1, 0.15) is 13.3 Å². The van der Waals surface area contributed by atoms with Crippen LogP contribution in [0.2, 0.25) is 0 Å². The molecular formula is C13H17F2NO3. The molecular weight excluding hydrogens is 256 g/mol. The molecule has 0 bridgehead atoms. The monoisotopic (exact) mass is 273 g/mol. The molecule has 0 amide bonds. The van der Waals surface area contributed by atoms with Crippen molar-refractivity contribution in [2.45, 2.75) is 18.9 Å². The number of ether oxygens (including phenoxy) is 2. The third-order valence-corrected chi connectivity index (χ3v) is 2.96. The van der Waals surface area contributed by atoms with Gasteiger partial charge < -0.3 is 14.8 Å². The third kappa shape index (κ3) is 3.64. The quantitative estimate of drug-likeness (QED) is 0.804. The van der Waals surface area contributed by atoms with Crippen LogP contribution in [0.5, 0.6) is 5.75 Å². The van der Waals surface area contributed by atoms with E-state index in [2.05, 4.69) is 10.1 Å². The molecule has 1 atom stereocenters. The average molecular weight is 273 g/mol. The molecule has 0 fully saturated rings. The van der Waals surface area contributed by atoms with Gasteiger partial charge in [0.1, 0.15) is 5.54 Å². The third-order valence-electron chi connectivity index (χ3n) is 2.96. The number of halogens is 2. The number of para-hydroxylation sites is 1. The summed E-state index contributed by atoms with van der Waals surface area (Å²) in [5.41, 5.74) is -0.962. The molecule has 0 saturated carbocycles. The number of benzene rings is 1. The summed E-state index contributed by atoms with van der Waals surface area (Å²) >= 11 is 0. The van der Waals surface area contributed by atoms with Gasteiger partial charge in [0.25, 0.3) is 0 Å². The normalized spacial score (nSPS) is 13.7. The Balaban J connectivity index is 2.65. The standard InChI is InChI=1S/C13H17F2NO3/c1-13(16-2,12(17)18-3)7-8-19-11-9(14)5-4-6-10(11)15/h4-6,16H,7-8H2,1-3H3. The van der Waals surface area contributed by atoms with E-state index in [9.17, 15) is 13.6 Å². The van der Waals surface area contributed by atoms with E-state index >= 15 is 0 Å². The molecule has 0 aliphatic heterocycles. The highest BCUT2D eigenvalue weighted by molar-refractivity contribution is 5.80. The Bertz CT molecular complexity index is 433. The minimum Gasteiger partial charge on any atom is -0.488 e. The van der Waals surface area contributed by atoms with Gasteiger partial charge in [-0.1, -0.05) is 6.07 Å². The van der Waals surface area contributed by atoms with Crippen molar-refractivity contribution in [3.8, 4) is 5.75 Å². The van der Waals surface area contributed by atoms with Crippen molar-refractivity contribution in [1.82, 2.24) is 5.32 Å². The summed E-state index contributed by atoms with van der Waals surface area (Å²) in [6.07, 6.45) is 0.212. The summed E-state index contributed by atoms with van der Waals surface area (Å²) < 4.78 is 36.3. The zero-order chi connectivity index (χ0) is 14.5. The fourth-order valence-electron chi connectivity index (χ4n) is 1.53. The van der Waals surface area contributed by atoms with Crippen LogP contribution < -0.4 is 10.1 Å². The molecule has 6 heteroatoms. The molecule has 0 aromatic heterocycles. The maximum Gasteiger partial charge on any atom is 0.325 e. The molecule has 0 saturated heterocycles. The molecule has 1 aromatic rings. The van der Waals surface area contributed by atoms with Gasteiger partial charge >= 0.3 is 5.97 Å². The van der Waals surface area contributed by atoms with Crippen molar-refractivity contribution in [2.24, 2.45) is 0 Å². The summed E-state index contributed by atoms with van der Waals surface area (Å²) in [7, 11) is 2.87. The molecule has 0 aliphatic rings. The van der Waals surface area contributed by atoms with Gasteiger partial charge in [0, 0.05) is 6.42 Å². The first-order valence-corrected chi connectivity index (χ1v) is 5.78. The van der Waals surface area contributed by atoms with Gasteiger partial charge in [-0.15, -0.1) is 0 Å². The van der Waals surface area contributed by atoms with E-state index in [-0.39, 0.29) is 13.0 Å². The molecule has 0 aliphatic carbocycles. The first kappa shape index (κ1) is 15.4. The predicted octanol–water partition coefficient (Wildman–Crippen LogP) is 1.88. The summed E-state index contributed by atoms with van der Waals surface area (Å²) in [6.45, 7) is 1.60. The topological polar surface area (TPSA) is 47.6 Å². The number of likely N-dealkylation sites (N-methyl/N-ethyl adjacent to an activating group) is 1. The fourth-order valence-corrected chi connectivity index (χ4v) is 1.53. The lowest BCUT2D eigenvalue weighted by molar-refractivity contribution is -0.148. The number of carbonyl (C=O) groups excluding carboxylic acids is 1. The smallest absolute Gasteiger partial charge is 0.325 e. The van der Waals surface area contributed by atoms with E-state index in [1.54, 1.807) is 14.0 Å².